The van der Waals surface area contributed by atoms with Gasteiger partial charge in [0.15, 0.2) is 0 Å². The van der Waals surface area contributed by atoms with E-state index in [1.807, 2.05) is 12.1 Å². The fourth-order valence-corrected chi connectivity index (χ4v) is 4.73. The minimum atomic E-state index is -3.61. The van der Waals surface area contributed by atoms with Crippen LogP contribution in [0.3, 0.4) is 0 Å². The molecule has 0 N–H and O–H groups in total. The summed E-state index contributed by atoms with van der Waals surface area (Å²) in [6.07, 6.45) is 3.98. The molecule has 1 aliphatic heterocycles. The van der Waals surface area contributed by atoms with Gasteiger partial charge in [-0.1, -0.05) is 30.3 Å². The molecule has 0 atom stereocenters. The maximum Gasteiger partial charge on any atom is 0.264 e. The molecule has 0 spiro atoms. The van der Waals surface area contributed by atoms with E-state index in [1.165, 1.54) is 4.31 Å². The highest BCUT2D eigenvalue weighted by atomic mass is 32.2. The molecule has 1 aromatic heterocycles. The second kappa shape index (κ2) is 6.28. The van der Waals surface area contributed by atoms with Crippen LogP contribution in [0.15, 0.2) is 71.9 Å². The van der Waals surface area contributed by atoms with Crippen LogP contribution >= 0.6 is 0 Å². The van der Waals surface area contributed by atoms with Gasteiger partial charge in [-0.05, 0) is 41.8 Å². The molecule has 1 aliphatic rings. The molecule has 0 fully saturated rings. The van der Waals surface area contributed by atoms with E-state index in [1.54, 1.807) is 54.9 Å². The second-order valence-corrected chi connectivity index (χ2v) is 7.88. The van der Waals surface area contributed by atoms with Crippen molar-refractivity contribution in [2.45, 2.75) is 11.3 Å². The zero-order valence-corrected chi connectivity index (χ0v) is 14.6. The van der Waals surface area contributed by atoms with Crippen LogP contribution in [0, 0.1) is 11.3 Å². The van der Waals surface area contributed by atoms with Gasteiger partial charge < -0.3 is 0 Å². The van der Waals surface area contributed by atoms with Crippen LogP contribution in [0.1, 0.15) is 11.1 Å². The van der Waals surface area contributed by atoms with Gasteiger partial charge in [-0.25, -0.2) is 8.42 Å². The molecular weight excluding hydrogens is 346 g/mol. The Labute approximate surface area is 152 Å². The van der Waals surface area contributed by atoms with Crippen LogP contribution in [-0.4, -0.2) is 19.9 Å². The van der Waals surface area contributed by atoms with Crippen molar-refractivity contribution in [3.8, 4) is 17.2 Å². The molecule has 128 valence electrons. The monoisotopic (exact) mass is 361 g/mol. The average molecular weight is 361 g/mol. The Morgan fingerprint density at radius 1 is 1.00 bits per heavy atom. The van der Waals surface area contributed by atoms with Crippen molar-refractivity contribution in [3.63, 3.8) is 0 Å². The number of nitrogens with zero attached hydrogens (tertiary/aromatic N) is 3. The first-order valence-corrected chi connectivity index (χ1v) is 9.60. The molecule has 3 aromatic rings. The van der Waals surface area contributed by atoms with Gasteiger partial charge in [0, 0.05) is 18.3 Å². The molecule has 0 aliphatic carbocycles. The van der Waals surface area contributed by atoms with Crippen molar-refractivity contribution >= 4 is 15.7 Å². The summed E-state index contributed by atoms with van der Waals surface area (Å²) in [4.78, 5) is 4.54. The molecule has 6 heteroatoms. The summed E-state index contributed by atoms with van der Waals surface area (Å²) >= 11 is 0. The molecule has 0 unspecified atom stereocenters. The third kappa shape index (κ3) is 2.63. The number of fused-ring (bicyclic) bond motifs is 1. The lowest BCUT2D eigenvalue weighted by Gasteiger charge is -2.19. The number of rotatable bonds is 3. The molecule has 0 radical (unpaired) electrons. The molecule has 0 saturated carbocycles. The van der Waals surface area contributed by atoms with Crippen molar-refractivity contribution in [1.29, 1.82) is 5.26 Å². The molecule has 0 saturated heterocycles. The van der Waals surface area contributed by atoms with Crippen LogP contribution < -0.4 is 4.31 Å². The first-order chi connectivity index (χ1) is 12.6. The quantitative estimate of drug-likeness (QED) is 0.717. The van der Waals surface area contributed by atoms with Crippen molar-refractivity contribution in [2.75, 3.05) is 10.8 Å². The Hall–Kier alpha value is -3.17. The number of benzene rings is 2. The Balaban J connectivity index is 1.78. The number of hydrogen-bond donors (Lipinski definition) is 0. The van der Waals surface area contributed by atoms with Crippen molar-refractivity contribution in [3.05, 3.63) is 78.1 Å². The van der Waals surface area contributed by atoms with Crippen LogP contribution in [0.5, 0.6) is 0 Å². The van der Waals surface area contributed by atoms with E-state index >= 15 is 0 Å². The molecule has 0 bridgehead atoms. The summed E-state index contributed by atoms with van der Waals surface area (Å²) in [5.41, 5.74) is 3.99. The average Bonchev–Trinajstić information content (AvgIpc) is 3.14. The third-order valence-corrected chi connectivity index (χ3v) is 6.35. The van der Waals surface area contributed by atoms with Gasteiger partial charge >= 0.3 is 0 Å². The van der Waals surface area contributed by atoms with E-state index in [4.69, 9.17) is 5.26 Å². The smallest absolute Gasteiger partial charge is 0.264 e. The first kappa shape index (κ1) is 16.3. The fourth-order valence-electron chi connectivity index (χ4n) is 3.23. The lowest BCUT2D eigenvalue weighted by atomic mass is 9.99. The van der Waals surface area contributed by atoms with Gasteiger partial charge in [0.1, 0.15) is 0 Å². The molecular formula is C20H15N3O2S. The lowest BCUT2D eigenvalue weighted by Crippen LogP contribution is -2.29. The predicted octanol–water partition coefficient (Wildman–Crippen LogP) is 3.37. The number of anilines is 1. The maximum absolute atomic E-state index is 13.0. The molecule has 2 aromatic carbocycles. The highest BCUT2D eigenvalue weighted by Gasteiger charge is 2.32. The van der Waals surface area contributed by atoms with E-state index in [0.29, 0.717) is 24.2 Å². The van der Waals surface area contributed by atoms with Gasteiger partial charge in [-0.2, -0.15) is 5.26 Å². The highest BCUT2D eigenvalue weighted by Crippen LogP contribution is 2.38. The normalized spacial score (nSPS) is 13.3. The molecule has 0 amide bonds. The van der Waals surface area contributed by atoms with E-state index in [-0.39, 0.29) is 4.90 Å². The van der Waals surface area contributed by atoms with Crippen molar-refractivity contribution in [2.24, 2.45) is 0 Å². The topological polar surface area (TPSA) is 74.1 Å². The van der Waals surface area contributed by atoms with Gasteiger partial charge in [0.05, 0.1) is 28.4 Å². The Morgan fingerprint density at radius 3 is 2.42 bits per heavy atom. The summed E-state index contributed by atoms with van der Waals surface area (Å²) in [5, 5.41) is 8.95. The van der Waals surface area contributed by atoms with Crippen LogP contribution in [0.4, 0.5) is 5.69 Å². The zero-order valence-electron chi connectivity index (χ0n) is 13.8. The number of sulfonamides is 1. The summed E-state index contributed by atoms with van der Waals surface area (Å²) in [7, 11) is -3.61. The summed E-state index contributed by atoms with van der Waals surface area (Å²) < 4.78 is 27.4. The third-order valence-electron chi connectivity index (χ3n) is 4.52. The predicted molar refractivity (Wildman–Crippen MR) is 99.1 cm³/mol. The van der Waals surface area contributed by atoms with E-state index in [2.05, 4.69) is 11.1 Å². The molecule has 2 heterocycles. The van der Waals surface area contributed by atoms with Gasteiger partial charge in [-0.15, -0.1) is 0 Å². The number of pyridine rings is 1. The summed E-state index contributed by atoms with van der Waals surface area (Å²) in [6.45, 7) is 0.390. The zero-order chi connectivity index (χ0) is 18.1. The fraction of sp³-hybridized carbons (Fsp3) is 0.100. The minimum absolute atomic E-state index is 0.275. The summed E-state index contributed by atoms with van der Waals surface area (Å²) in [6, 6.07) is 17.8. The van der Waals surface area contributed by atoms with Crippen LogP contribution in [-0.2, 0) is 16.4 Å². The first-order valence-electron chi connectivity index (χ1n) is 8.16. The van der Waals surface area contributed by atoms with E-state index in [0.717, 1.165) is 16.7 Å². The van der Waals surface area contributed by atoms with Crippen molar-refractivity contribution in [1.82, 2.24) is 4.98 Å². The van der Waals surface area contributed by atoms with Gasteiger partial charge in [0.2, 0.25) is 0 Å². The molecule has 26 heavy (non-hydrogen) atoms. The highest BCUT2D eigenvalue weighted by molar-refractivity contribution is 7.92. The largest absolute Gasteiger partial charge is 0.264 e. The van der Waals surface area contributed by atoms with Gasteiger partial charge in [-0.3, -0.25) is 9.29 Å². The lowest BCUT2D eigenvalue weighted by molar-refractivity contribution is 0.592. The minimum Gasteiger partial charge on any atom is -0.264 e. The SMILES string of the molecule is N#Cc1ccc(-c2cncc3c2CCN3S(=O)(=O)c2ccccc2)cc1. The standard InChI is InChI=1S/C20H15N3O2S/c21-12-15-6-8-16(9-7-15)19-13-22-14-20-18(19)10-11-23(20)26(24,25)17-4-2-1-3-5-17/h1-9,13-14H,10-11H2. The Bertz CT molecular complexity index is 1100. The Morgan fingerprint density at radius 2 is 1.73 bits per heavy atom. The second-order valence-electron chi connectivity index (χ2n) is 6.01. The van der Waals surface area contributed by atoms with Crippen LogP contribution in [0.2, 0.25) is 0 Å². The van der Waals surface area contributed by atoms with Crippen molar-refractivity contribution < 1.29 is 8.42 Å². The van der Waals surface area contributed by atoms with Gasteiger partial charge in [0.25, 0.3) is 10.0 Å². The number of nitriles is 1. The maximum atomic E-state index is 13.0. The number of hydrogen-bond acceptors (Lipinski definition) is 4. The van der Waals surface area contributed by atoms with E-state index < -0.39 is 10.0 Å². The van der Waals surface area contributed by atoms with Crippen LogP contribution in [0.25, 0.3) is 11.1 Å². The number of aromatic nitrogens is 1. The summed E-state index contributed by atoms with van der Waals surface area (Å²) in [5.74, 6) is 0. The van der Waals surface area contributed by atoms with E-state index in [9.17, 15) is 8.42 Å². The molecule has 5 nitrogen and oxygen atoms in total. The Kier molecular flexibility index (Phi) is 3.94. The molecule has 4 rings (SSSR count).